The molecule has 24 heavy (non-hydrogen) atoms. The first-order valence-electron chi connectivity index (χ1n) is 7.98. The van der Waals surface area contributed by atoms with Gasteiger partial charge in [0.15, 0.2) is 0 Å². The molecule has 0 aromatic rings. The van der Waals surface area contributed by atoms with Crippen molar-refractivity contribution in [3.05, 3.63) is 23.7 Å². The third-order valence-electron chi connectivity index (χ3n) is 2.50. The SMILES string of the molecule is CCCCC=C(C#N)OC(C)=O.CCCCC=C(C#N)OC(C)=O. The molecule has 6 heteroatoms. The Bertz CT molecular complexity index is 474. The van der Waals surface area contributed by atoms with Crippen molar-refractivity contribution in [2.24, 2.45) is 0 Å². The van der Waals surface area contributed by atoms with Crippen LogP contribution in [0.25, 0.3) is 0 Å². The maximum absolute atomic E-state index is 10.4. The molecule has 0 rings (SSSR count). The molecular formula is C18H26N2O4. The van der Waals surface area contributed by atoms with Crippen molar-refractivity contribution in [3.8, 4) is 12.1 Å². The fourth-order valence-electron chi connectivity index (χ4n) is 1.40. The number of allylic oxidation sites excluding steroid dienone is 4. The standard InChI is InChI=1S/2C9H13NO2/c2*1-3-4-5-6-9(7-10)12-8(2)11/h2*6H,3-5H2,1-2H3. The van der Waals surface area contributed by atoms with Gasteiger partial charge in [0.05, 0.1) is 0 Å². The van der Waals surface area contributed by atoms with E-state index in [0.29, 0.717) is 0 Å². The van der Waals surface area contributed by atoms with E-state index in [1.807, 2.05) is 12.1 Å². The monoisotopic (exact) mass is 334 g/mol. The Morgan fingerprint density at radius 1 is 0.833 bits per heavy atom. The van der Waals surface area contributed by atoms with Crippen LogP contribution in [0.5, 0.6) is 0 Å². The lowest BCUT2D eigenvalue weighted by molar-refractivity contribution is -0.137. The van der Waals surface area contributed by atoms with Gasteiger partial charge in [0.1, 0.15) is 12.1 Å². The van der Waals surface area contributed by atoms with Gasteiger partial charge in [0, 0.05) is 13.8 Å². The van der Waals surface area contributed by atoms with E-state index in [-0.39, 0.29) is 11.5 Å². The normalized spacial score (nSPS) is 10.6. The molecule has 0 aromatic heterocycles. The van der Waals surface area contributed by atoms with Crippen LogP contribution in [0.3, 0.4) is 0 Å². The smallest absolute Gasteiger partial charge is 0.308 e. The summed E-state index contributed by atoms with van der Waals surface area (Å²) in [6.07, 6.45) is 9.00. The van der Waals surface area contributed by atoms with Gasteiger partial charge in [-0.1, -0.05) is 26.7 Å². The molecule has 0 aliphatic heterocycles. The van der Waals surface area contributed by atoms with Crippen LogP contribution in [-0.4, -0.2) is 11.9 Å². The van der Waals surface area contributed by atoms with Gasteiger partial charge in [0.25, 0.3) is 0 Å². The largest absolute Gasteiger partial charge is 0.416 e. The molecular weight excluding hydrogens is 308 g/mol. The number of ether oxygens (including phenoxy) is 2. The number of hydrogen-bond donors (Lipinski definition) is 0. The summed E-state index contributed by atoms with van der Waals surface area (Å²) in [6, 6.07) is 3.62. The molecule has 0 bridgehead atoms. The molecule has 0 N–H and O–H groups in total. The number of nitrogens with zero attached hydrogens (tertiary/aromatic N) is 2. The van der Waals surface area contributed by atoms with Crippen LogP contribution >= 0.6 is 0 Å². The van der Waals surface area contributed by atoms with Gasteiger partial charge < -0.3 is 9.47 Å². The van der Waals surface area contributed by atoms with E-state index >= 15 is 0 Å². The predicted molar refractivity (Wildman–Crippen MR) is 90.0 cm³/mol. The summed E-state index contributed by atoms with van der Waals surface area (Å²) in [5.41, 5.74) is 0. The van der Waals surface area contributed by atoms with Crippen LogP contribution < -0.4 is 0 Å². The maximum atomic E-state index is 10.4. The van der Waals surface area contributed by atoms with Crippen LogP contribution in [-0.2, 0) is 19.1 Å². The summed E-state index contributed by atoms with van der Waals surface area (Å²) in [6.45, 7) is 6.69. The molecule has 0 spiro atoms. The van der Waals surface area contributed by atoms with Crippen LogP contribution in [0.2, 0.25) is 0 Å². The number of unbranched alkanes of at least 4 members (excludes halogenated alkanes) is 4. The summed E-state index contributed by atoms with van der Waals surface area (Å²) in [5.74, 6) is -0.675. The highest BCUT2D eigenvalue weighted by molar-refractivity contribution is 5.68. The van der Waals surface area contributed by atoms with Crippen molar-refractivity contribution >= 4 is 11.9 Å². The molecule has 0 aliphatic rings. The van der Waals surface area contributed by atoms with Gasteiger partial charge >= 0.3 is 11.9 Å². The third kappa shape index (κ3) is 17.5. The zero-order chi connectivity index (χ0) is 18.8. The van der Waals surface area contributed by atoms with Crippen molar-refractivity contribution in [2.75, 3.05) is 0 Å². The number of carbonyl (C=O) groups excluding carboxylic acids is 2. The molecule has 0 heterocycles. The van der Waals surface area contributed by atoms with Crippen LogP contribution in [0, 0.1) is 22.7 Å². The maximum Gasteiger partial charge on any atom is 0.308 e. The lowest BCUT2D eigenvalue weighted by atomic mass is 10.2. The first-order valence-corrected chi connectivity index (χ1v) is 7.98. The molecule has 0 radical (unpaired) electrons. The molecule has 0 saturated heterocycles. The summed E-state index contributed by atoms with van der Waals surface area (Å²) in [7, 11) is 0. The van der Waals surface area contributed by atoms with Gasteiger partial charge in [-0.25, -0.2) is 0 Å². The number of nitriles is 2. The molecule has 0 fully saturated rings. The minimum Gasteiger partial charge on any atom is -0.416 e. The van der Waals surface area contributed by atoms with E-state index in [4.69, 9.17) is 10.5 Å². The third-order valence-corrected chi connectivity index (χ3v) is 2.50. The van der Waals surface area contributed by atoms with E-state index in [1.165, 1.54) is 13.8 Å². The van der Waals surface area contributed by atoms with Crippen LogP contribution in [0.4, 0.5) is 0 Å². The van der Waals surface area contributed by atoms with Gasteiger partial charge in [-0.15, -0.1) is 0 Å². The second kappa shape index (κ2) is 16.8. The van der Waals surface area contributed by atoms with Crippen LogP contribution in [0.15, 0.2) is 23.7 Å². The van der Waals surface area contributed by atoms with E-state index < -0.39 is 11.9 Å². The van der Waals surface area contributed by atoms with Crippen LogP contribution in [0.1, 0.15) is 66.2 Å². The van der Waals surface area contributed by atoms with Gasteiger partial charge in [-0.2, -0.15) is 10.5 Å². The fraction of sp³-hybridized carbons (Fsp3) is 0.556. The van der Waals surface area contributed by atoms with Crippen molar-refractivity contribution in [3.63, 3.8) is 0 Å². The zero-order valence-electron chi connectivity index (χ0n) is 14.9. The van der Waals surface area contributed by atoms with E-state index in [9.17, 15) is 9.59 Å². The first-order chi connectivity index (χ1) is 11.4. The average Bonchev–Trinajstić information content (AvgIpc) is 2.53. The highest BCUT2D eigenvalue weighted by Crippen LogP contribution is 2.03. The Labute approximate surface area is 144 Å². The molecule has 6 nitrogen and oxygen atoms in total. The Hall–Kier alpha value is -2.60. The zero-order valence-corrected chi connectivity index (χ0v) is 14.9. The quantitative estimate of drug-likeness (QED) is 0.284. The summed E-state index contributed by atoms with van der Waals surface area (Å²) in [4.78, 5) is 20.9. The second-order valence-electron chi connectivity index (χ2n) is 4.83. The number of rotatable bonds is 8. The average molecular weight is 334 g/mol. The Balaban J connectivity index is 0. The lowest BCUT2D eigenvalue weighted by Gasteiger charge is -1.96. The van der Waals surface area contributed by atoms with Gasteiger partial charge in [-0.05, 0) is 37.8 Å². The van der Waals surface area contributed by atoms with Crippen molar-refractivity contribution < 1.29 is 19.1 Å². The molecule has 0 saturated carbocycles. The summed E-state index contributed by atoms with van der Waals surface area (Å²) >= 11 is 0. The topological polar surface area (TPSA) is 100 Å². The predicted octanol–water partition coefficient (Wildman–Crippen LogP) is 4.29. The van der Waals surface area contributed by atoms with E-state index in [2.05, 4.69) is 23.3 Å². The molecule has 0 aromatic carbocycles. The summed E-state index contributed by atoms with van der Waals surface area (Å²) < 4.78 is 9.21. The fourth-order valence-corrected chi connectivity index (χ4v) is 1.40. The molecule has 0 atom stereocenters. The Morgan fingerprint density at radius 3 is 1.38 bits per heavy atom. The minimum absolute atomic E-state index is 0.107. The Kier molecular flexibility index (Phi) is 16.5. The number of hydrogen-bond acceptors (Lipinski definition) is 6. The number of carbonyl (C=O) groups is 2. The van der Waals surface area contributed by atoms with Crippen molar-refractivity contribution in [2.45, 2.75) is 66.2 Å². The molecule has 0 unspecified atom stereocenters. The molecule has 0 amide bonds. The van der Waals surface area contributed by atoms with Crippen molar-refractivity contribution in [1.29, 1.82) is 10.5 Å². The Morgan fingerprint density at radius 2 is 1.17 bits per heavy atom. The highest BCUT2D eigenvalue weighted by atomic mass is 16.5. The second-order valence-corrected chi connectivity index (χ2v) is 4.83. The van der Waals surface area contributed by atoms with E-state index in [0.717, 1.165) is 38.5 Å². The van der Waals surface area contributed by atoms with Crippen molar-refractivity contribution in [1.82, 2.24) is 0 Å². The summed E-state index contributed by atoms with van der Waals surface area (Å²) in [5, 5.41) is 17.0. The van der Waals surface area contributed by atoms with Gasteiger partial charge in [0.2, 0.25) is 11.5 Å². The first kappa shape index (κ1) is 23.7. The lowest BCUT2D eigenvalue weighted by Crippen LogP contribution is -1.96. The minimum atomic E-state index is -0.445. The molecule has 132 valence electrons. The molecule has 0 aliphatic carbocycles. The van der Waals surface area contributed by atoms with E-state index in [1.54, 1.807) is 12.2 Å². The van der Waals surface area contributed by atoms with Gasteiger partial charge in [-0.3, -0.25) is 9.59 Å². The number of esters is 2. The highest BCUT2D eigenvalue weighted by Gasteiger charge is 1.99.